The van der Waals surface area contributed by atoms with E-state index in [2.05, 4.69) is 10.0 Å². The Kier molecular flexibility index (Phi) is 4.79. The van der Waals surface area contributed by atoms with Gasteiger partial charge in [0.05, 0.1) is 12.0 Å². The number of nitrogens with one attached hydrogen (secondary N) is 2. The smallest absolute Gasteiger partial charge is 0.240 e. The second-order valence-corrected chi connectivity index (χ2v) is 6.43. The summed E-state index contributed by atoms with van der Waals surface area (Å²) in [6, 6.07) is 6.93. The van der Waals surface area contributed by atoms with Crippen LogP contribution in [-0.4, -0.2) is 34.7 Å². The summed E-state index contributed by atoms with van der Waals surface area (Å²) in [5.74, 6) is 0.542. The number of sulfonamides is 1. The minimum absolute atomic E-state index is 0.242. The van der Waals surface area contributed by atoms with Crippen LogP contribution in [-0.2, 0) is 10.0 Å². The van der Waals surface area contributed by atoms with Gasteiger partial charge in [0, 0.05) is 18.7 Å². The lowest BCUT2D eigenvalue weighted by Gasteiger charge is -2.11. The fourth-order valence-electron chi connectivity index (χ4n) is 2.22. The van der Waals surface area contributed by atoms with E-state index in [1.807, 2.05) is 0 Å². The van der Waals surface area contributed by atoms with Gasteiger partial charge in [-0.15, -0.1) is 0 Å². The summed E-state index contributed by atoms with van der Waals surface area (Å²) in [4.78, 5) is 0.242. The van der Waals surface area contributed by atoms with Gasteiger partial charge >= 0.3 is 0 Å². The molecule has 0 aliphatic carbocycles. The molecule has 106 valence electrons. The van der Waals surface area contributed by atoms with Gasteiger partial charge in [-0.1, -0.05) is 6.07 Å². The fourth-order valence-corrected chi connectivity index (χ4v) is 3.30. The van der Waals surface area contributed by atoms with E-state index in [4.69, 9.17) is 4.74 Å². The summed E-state index contributed by atoms with van der Waals surface area (Å²) < 4.78 is 31.8. The van der Waals surface area contributed by atoms with Crippen LogP contribution in [0.25, 0.3) is 0 Å². The van der Waals surface area contributed by atoms with E-state index in [1.165, 1.54) is 19.6 Å². The Hall–Kier alpha value is -1.11. The molecule has 1 aromatic rings. The highest BCUT2D eigenvalue weighted by atomic mass is 32.2. The lowest BCUT2D eigenvalue weighted by Crippen LogP contribution is -2.30. The standard InChI is InChI=1S/C13H20N2O3S/c1-18-12-5-2-6-13(10-12)19(16,17)15-9-7-11-4-3-8-14-11/h2,5-6,10-11,14-15H,3-4,7-9H2,1H3/t11-/m1/s1. The molecule has 0 spiro atoms. The number of benzene rings is 1. The molecule has 0 aromatic heterocycles. The van der Waals surface area contributed by atoms with Crippen molar-refractivity contribution in [3.05, 3.63) is 24.3 Å². The quantitative estimate of drug-likeness (QED) is 0.821. The first-order valence-corrected chi connectivity index (χ1v) is 7.97. The maximum Gasteiger partial charge on any atom is 0.240 e. The van der Waals surface area contributed by atoms with Crippen molar-refractivity contribution in [1.29, 1.82) is 0 Å². The monoisotopic (exact) mass is 284 g/mol. The van der Waals surface area contributed by atoms with Crippen LogP contribution in [0.2, 0.25) is 0 Å². The third-order valence-electron chi connectivity index (χ3n) is 3.30. The summed E-state index contributed by atoms with van der Waals surface area (Å²) in [6.45, 7) is 1.49. The van der Waals surface area contributed by atoms with Crippen LogP contribution in [0.5, 0.6) is 5.75 Å². The lowest BCUT2D eigenvalue weighted by atomic mass is 10.2. The average molecular weight is 284 g/mol. The molecule has 2 rings (SSSR count). The fraction of sp³-hybridized carbons (Fsp3) is 0.538. The molecule has 1 saturated heterocycles. The SMILES string of the molecule is COc1cccc(S(=O)(=O)NCC[C@H]2CCCN2)c1. The Bertz CT molecular complexity index is 510. The van der Waals surface area contributed by atoms with Crippen molar-refractivity contribution >= 4 is 10.0 Å². The molecule has 19 heavy (non-hydrogen) atoms. The van der Waals surface area contributed by atoms with E-state index in [0.29, 0.717) is 18.3 Å². The molecule has 0 bridgehead atoms. The molecule has 0 radical (unpaired) electrons. The lowest BCUT2D eigenvalue weighted by molar-refractivity contribution is 0.413. The molecule has 1 heterocycles. The van der Waals surface area contributed by atoms with Gasteiger partial charge in [-0.25, -0.2) is 13.1 Å². The highest BCUT2D eigenvalue weighted by molar-refractivity contribution is 7.89. The van der Waals surface area contributed by atoms with Crippen LogP contribution in [0, 0.1) is 0 Å². The van der Waals surface area contributed by atoms with Gasteiger partial charge in [-0.2, -0.15) is 0 Å². The summed E-state index contributed by atoms with van der Waals surface area (Å²) in [5.41, 5.74) is 0. The van der Waals surface area contributed by atoms with Crippen LogP contribution in [0.3, 0.4) is 0 Å². The van der Waals surface area contributed by atoms with Crippen molar-refractivity contribution in [2.75, 3.05) is 20.2 Å². The van der Waals surface area contributed by atoms with Gasteiger partial charge in [0.1, 0.15) is 5.75 Å². The minimum atomic E-state index is -3.44. The molecule has 0 saturated carbocycles. The Morgan fingerprint density at radius 1 is 1.47 bits per heavy atom. The molecule has 1 aliphatic heterocycles. The maximum absolute atomic E-state index is 12.1. The van der Waals surface area contributed by atoms with Crippen LogP contribution < -0.4 is 14.8 Å². The van der Waals surface area contributed by atoms with Crippen LogP contribution in [0.1, 0.15) is 19.3 Å². The molecule has 0 amide bonds. The van der Waals surface area contributed by atoms with Crippen molar-refractivity contribution in [2.24, 2.45) is 0 Å². The number of hydrogen-bond acceptors (Lipinski definition) is 4. The topological polar surface area (TPSA) is 67.4 Å². The molecule has 0 unspecified atom stereocenters. The molecule has 2 N–H and O–H groups in total. The number of rotatable bonds is 6. The van der Waals surface area contributed by atoms with Gasteiger partial charge in [0.25, 0.3) is 0 Å². The van der Waals surface area contributed by atoms with Crippen LogP contribution in [0.4, 0.5) is 0 Å². The first kappa shape index (κ1) is 14.3. The summed E-state index contributed by atoms with van der Waals surface area (Å²) in [5, 5.41) is 3.35. The molecule has 1 aliphatic rings. The Balaban J connectivity index is 1.93. The zero-order valence-corrected chi connectivity index (χ0v) is 11.9. The van der Waals surface area contributed by atoms with Crippen LogP contribution in [0.15, 0.2) is 29.2 Å². The van der Waals surface area contributed by atoms with Gasteiger partial charge < -0.3 is 10.1 Å². The van der Waals surface area contributed by atoms with E-state index in [-0.39, 0.29) is 4.90 Å². The Morgan fingerprint density at radius 3 is 3.00 bits per heavy atom. The molecule has 1 aromatic carbocycles. The minimum Gasteiger partial charge on any atom is -0.497 e. The number of ether oxygens (including phenoxy) is 1. The molecule has 6 heteroatoms. The highest BCUT2D eigenvalue weighted by Crippen LogP contribution is 2.17. The van der Waals surface area contributed by atoms with E-state index in [0.717, 1.165) is 19.4 Å². The van der Waals surface area contributed by atoms with E-state index < -0.39 is 10.0 Å². The van der Waals surface area contributed by atoms with E-state index >= 15 is 0 Å². The Morgan fingerprint density at radius 2 is 2.32 bits per heavy atom. The first-order valence-electron chi connectivity index (χ1n) is 6.49. The molecular weight excluding hydrogens is 264 g/mol. The normalized spacial score (nSPS) is 19.5. The van der Waals surface area contributed by atoms with Crippen molar-refractivity contribution in [3.63, 3.8) is 0 Å². The Labute approximate surface area is 114 Å². The van der Waals surface area contributed by atoms with Crippen molar-refractivity contribution in [2.45, 2.75) is 30.2 Å². The average Bonchev–Trinajstić information content (AvgIpc) is 2.92. The van der Waals surface area contributed by atoms with E-state index in [1.54, 1.807) is 18.2 Å². The predicted octanol–water partition coefficient (Wildman–Crippen LogP) is 1.12. The summed E-state index contributed by atoms with van der Waals surface area (Å²) in [6.07, 6.45) is 3.12. The second kappa shape index (κ2) is 6.36. The van der Waals surface area contributed by atoms with Gasteiger partial charge in [-0.3, -0.25) is 0 Å². The zero-order valence-electron chi connectivity index (χ0n) is 11.1. The largest absolute Gasteiger partial charge is 0.497 e. The summed E-state index contributed by atoms with van der Waals surface area (Å²) >= 11 is 0. The van der Waals surface area contributed by atoms with Gasteiger partial charge in [-0.05, 0) is 37.9 Å². The molecule has 1 fully saturated rings. The third-order valence-corrected chi connectivity index (χ3v) is 4.76. The highest BCUT2D eigenvalue weighted by Gasteiger charge is 2.17. The maximum atomic E-state index is 12.1. The van der Waals surface area contributed by atoms with Gasteiger partial charge in [0.15, 0.2) is 0 Å². The number of hydrogen-bond donors (Lipinski definition) is 2. The molecular formula is C13H20N2O3S. The third kappa shape index (κ3) is 3.92. The van der Waals surface area contributed by atoms with Crippen molar-refractivity contribution in [3.8, 4) is 5.75 Å². The zero-order chi connectivity index (χ0) is 13.7. The summed E-state index contributed by atoms with van der Waals surface area (Å²) in [7, 11) is -1.92. The van der Waals surface area contributed by atoms with Gasteiger partial charge in [0.2, 0.25) is 10.0 Å². The van der Waals surface area contributed by atoms with E-state index in [9.17, 15) is 8.42 Å². The van der Waals surface area contributed by atoms with Crippen molar-refractivity contribution in [1.82, 2.24) is 10.0 Å². The predicted molar refractivity (Wildman–Crippen MR) is 73.8 cm³/mol. The first-order chi connectivity index (χ1) is 9.12. The second-order valence-electron chi connectivity index (χ2n) is 4.66. The van der Waals surface area contributed by atoms with Crippen molar-refractivity contribution < 1.29 is 13.2 Å². The molecule has 5 nitrogen and oxygen atoms in total. The number of methoxy groups -OCH3 is 1. The molecule has 1 atom stereocenters. The van der Waals surface area contributed by atoms with Crippen LogP contribution >= 0.6 is 0 Å².